The Morgan fingerprint density at radius 1 is 1.24 bits per heavy atom. The number of carbonyl (C=O) groups excluding carboxylic acids is 1. The molecule has 5 nitrogen and oxygen atoms in total. The Morgan fingerprint density at radius 2 is 2.00 bits per heavy atom. The third-order valence-electron chi connectivity index (χ3n) is 4.72. The summed E-state index contributed by atoms with van der Waals surface area (Å²) in [6.45, 7) is 6.78. The fourth-order valence-corrected chi connectivity index (χ4v) is 4.01. The lowest BCUT2D eigenvalue weighted by molar-refractivity contribution is -0.116. The van der Waals surface area contributed by atoms with Crippen LogP contribution in [0.25, 0.3) is 0 Å². The highest BCUT2D eigenvalue weighted by Crippen LogP contribution is 2.25. The van der Waals surface area contributed by atoms with E-state index in [1.54, 1.807) is 4.57 Å². The van der Waals surface area contributed by atoms with Gasteiger partial charge in [0.2, 0.25) is 5.91 Å². The van der Waals surface area contributed by atoms with Crippen molar-refractivity contribution in [2.45, 2.75) is 46.1 Å². The first kappa shape index (κ1) is 17.7. The highest BCUT2D eigenvalue weighted by molar-refractivity contribution is 7.07. The van der Waals surface area contributed by atoms with Gasteiger partial charge in [-0.05, 0) is 56.9 Å². The van der Waals surface area contributed by atoms with Crippen LogP contribution in [0.15, 0.2) is 28.4 Å². The van der Waals surface area contributed by atoms with Crippen LogP contribution in [-0.4, -0.2) is 23.6 Å². The van der Waals surface area contributed by atoms with Crippen molar-refractivity contribution in [3.05, 3.63) is 44.5 Å². The first-order valence-electron chi connectivity index (χ1n) is 8.85. The summed E-state index contributed by atoms with van der Waals surface area (Å²) in [4.78, 5) is 26.3. The SMILES string of the molecule is Cc1cc(N2CCCC2)ccc1NC(=O)CCCn1c(C)csc1=O. The number of anilines is 2. The van der Waals surface area contributed by atoms with Crippen molar-refractivity contribution in [1.29, 1.82) is 0 Å². The molecule has 0 radical (unpaired) electrons. The second-order valence-electron chi connectivity index (χ2n) is 6.64. The molecule has 1 fully saturated rings. The Kier molecular flexibility index (Phi) is 5.58. The molecular weight excluding hydrogens is 334 g/mol. The fourth-order valence-electron chi connectivity index (χ4n) is 3.25. The number of aromatic nitrogens is 1. The molecule has 0 saturated carbocycles. The minimum absolute atomic E-state index is 0.00189. The number of carbonyl (C=O) groups is 1. The van der Waals surface area contributed by atoms with Gasteiger partial charge in [0, 0.05) is 48.5 Å². The third-order valence-corrected chi connectivity index (χ3v) is 5.60. The Bertz CT molecular complexity index is 803. The molecule has 0 aliphatic carbocycles. The van der Waals surface area contributed by atoms with Gasteiger partial charge in [-0.25, -0.2) is 0 Å². The molecule has 0 unspecified atom stereocenters. The summed E-state index contributed by atoms with van der Waals surface area (Å²) in [7, 11) is 0. The van der Waals surface area contributed by atoms with E-state index >= 15 is 0 Å². The van der Waals surface area contributed by atoms with Crippen molar-refractivity contribution < 1.29 is 4.79 Å². The minimum atomic E-state index is -0.00189. The number of hydrogen-bond donors (Lipinski definition) is 1. The van der Waals surface area contributed by atoms with Gasteiger partial charge >= 0.3 is 4.87 Å². The normalized spacial score (nSPS) is 14.1. The Balaban J connectivity index is 1.53. The highest BCUT2D eigenvalue weighted by atomic mass is 32.1. The van der Waals surface area contributed by atoms with Crippen molar-refractivity contribution in [3.63, 3.8) is 0 Å². The van der Waals surface area contributed by atoms with Crippen LogP contribution in [0.1, 0.15) is 36.9 Å². The molecule has 0 atom stereocenters. The summed E-state index contributed by atoms with van der Waals surface area (Å²) in [6.07, 6.45) is 3.58. The van der Waals surface area contributed by atoms with E-state index in [0.29, 0.717) is 19.4 Å². The van der Waals surface area contributed by atoms with E-state index in [0.717, 1.165) is 30.0 Å². The van der Waals surface area contributed by atoms with Crippen LogP contribution in [0, 0.1) is 13.8 Å². The van der Waals surface area contributed by atoms with Crippen LogP contribution in [0.3, 0.4) is 0 Å². The van der Waals surface area contributed by atoms with Crippen LogP contribution in [0.5, 0.6) is 0 Å². The van der Waals surface area contributed by atoms with Gasteiger partial charge in [0.15, 0.2) is 0 Å². The lowest BCUT2D eigenvalue weighted by Gasteiger charge is -2.19. The van der Waals surface area contributed by atoms with Crippen LogP contribution < -0.4 is 15.1 Å². The average Bonchev–Trinajstić information content (AvgIpc) is 3.22. The molecule has 1 aromatic carbocycles. The summed E-state index contributed by atoms with van der Waals surface area (Å²) in [5.41, 5.74) is 4.16. The Morgan fingerprint density at radius 3 is 2.64 bits per heavy atom. The molecule has 1 amide bonds. The molecule has 134 valence electrons. The quantitative estimate of drug-likeness (QED) is 0.858. The zero-order valence-corrected chi connectivity index (χ0v) is 15.7. The highest BCUT2D eigenvalue weighted by Gasteiger charge is 2.13. The van der Waals surface area contributed by atoms with Gasteiger partial charge in [-0.3, -0.25) is 9.59 Å². The van der Waals surface area contributed by atoms with E-state index < -0.39 is 0 Å². The minimum Gasteiger partial charge on any atom is -0.372 e. The second-order valence-corrected chi connectivity index (χ2v) is 7.46. The number of thiazole rings is 1. The van der Waals surface area contributed by atoms with E-state index in [1.165, 1.54) is 29.9 Å². The van der Waals surface area contributed by atoms with Crippen LogP contribution in [0.4, 0.5) is 11.4 Å². The molecular formula is C19H25N3O2S. The fraction of sp³-hybridized carbons (Fsp3) is 0.474. The molecule has 25 heavy (non-hydrogen) atoms. The molecule has 1 aromatic heterocycles. The number of amides is 1. The molecule has 6 heteroatoms. The lowest BCUT2D eigenvalue weighted by atomic mass is 10.1. The van der Waals surface area contributed by atoms with Crippen molar-refractivity contribution in [1.82, 2.24) is 4.57 Å². The number of benzene rings is 1. The molecule has 1 aliphatic rings. The topological polar surface area (TPSA) is 54.3 Å². The number of rotatable bonds is 6. The largest absolute Gasteiger partial charge is 0.372 e. The van der Waals surface area contributed by atoms with Crippen LogP contribution in [0.2, 0.25) is 0 Å². The smallest absolute Gasteiger partial charge is 0.307 e. The maximum atomic E-state index is 12.2. The summed E-state index contributed by atoms with van der Waals surface area (Å²) in [5.74, 6) is -0.00189. The number of aryl methyl sites for hydroxylation is 2. The number of nitrogens with one attached hydrogen (secondary N) is 1. The molecule has 0 spiro atoms. The molecule has 2 heterocycles. The maximum Gasteiger partial charge on any atom is 0.307 e. The third kappa shape index (κ3) is 4.31. The van der Waals surface area contributed by atoms with Crippen molar-refractivity contribution in [2.24, 2.45) is 0 Å². The van der Waals surface area contributed by atoms with Gasteiger partial charge in [0.05, 0.1) is 0 Å². The van der Waals surface area contributed by atoms with E-state index in [1.807, 2.05) is 25.3 Å². The van der Waals surface area contributed by atoms with Crippen LogP contribution >= 0.6 is 11.3 Å². The maximum absolute atomic E-state index is 12.2. The van der Waals surface area contributed by atoms with Crippen molar-refractivity contribution in [3.8, 4) is 0 Å². The first-order valence-corrected chi connectivity index (χ1v) is 9.73. The van der Waals surface area contributed by atoms with Crippen molar-refractivity contribution >= 4 is 28.6 Å². The summed E-state index contributed by atoms with van der Waals surface area (Å²) >= 11 is 1.21. The van der Waals surface area contributed by atoms with Gasteiger partial charge in [-0.1, -0.05) is 11.3 Å². The predicted octanol–water partition coefficient (Wildman–Crippen LogP) is 3.55. The van der Waals surface area contributed by atoms with Crippen LogP contribution in [-0.2, 0) is 11.3 Å². The van der Waals surface area contributed by atoms with E-state index in [9.17, 15) is 9.59 Å². The summed E-state index contributed by atoms with van der Waals surface area (Å²) < 4.78 is 1.73. The molecule has 0 bridgehead atoms. The zero-order chi connectivity index (χ0) is 17.8. The molecule has 1 saturated heterocycles. The number of hydrogen-bond acceptors (Lipinski definition) is 4. The lowest BCUT2D eigenvalue weighted by Crippen LogP contribution is -2.19. The Hall–Kier alpha value is -2.08. The number of nitrogens with zero attached hydrogens (tertiary/aromatic N) is 2. The van der Waals surface area contributed by atoms with E-state index in [2.05, 4.69) is 22.3 Å². The van der Waals surface area contributed by atoms with E-state index in [-0.39, 0.29) is 10.8 Å². The molecule has 3 rings (SSSR count). The standard InChI is InChI=1S/C19H25N3O2S/c1-14-12-16(21-9-3-4-10-21)7-8-17(14)20-18(23)6-5-11-22-15(2)13-25-19(22)24/h7-8,12-13H,3-6,9-11H2,1-2H3,(H,20,23). The monoisotopic (exact) mass is 359 g/mol. The van der Waals surface area contributed by atoms with Gasteiger partial charge < -0.3 is 14.8 Å². The second kappa shape index (κ2) is 7.87. The molecule has 1 aliphatic heterocycles. The summed E-state index contributed by atoms with van der Waals surface area (Å²) in [6, 6.07) is 6.23. The molecule has 1 N–H and O–H groups in total. The average molecular weight is 359 g/mol. The van der Waals surface area contributed by atoms with Crippen molar-refractivity contribution in [2.75, 3.05) is 23.3 Å². The van der Waals surface area contributed by atoms with Gasteiger partial charge in [-0.15, -0.1) is 0 Å². The van der Waals surface area contributed by atoms with Gasteiger partial charge in [-0.2, -0.15) is 0 Å². The Labute approximate surface area is 152 Å². The molecule has 2 aromatic rings. The predicted molar refractivity (Wildman–Crippen MR) is 104 cm³/mol. The van der Waals surface area contributed by atoms with E-state index in [4.69, 9.17) is 0 Å². The summed E-state index contributed by atoms with van der Waals surface area (Å²) in [5, 5.41) is 4.85. The zero-order valence-electron chi connectivity index (χ0n) is 14.9. The first-order chi connectivity index (χ1) is 12.0. The van der Waals surface area contributed by atoms with Gasteiger partial charge in [0.25, 0.3) is 0 Å². The van der Waals surface area contributed by atoms with Gasteiger partial charge in [0.1, 0.15) is 0 Å².